The van der Waals surface area contributed by atoms with Crippen LogP contribution in [0.15, 0.2) is 24.3 Å². The van der Waals surface area contributed by atoms with Gasteiger partial charge in [0.15, 0.2) is 0 Å². The van der Waals surface area contributed by atoms with Gasteiger partial charge in [0.1, 0.15) is 5.75 Å². The molecule has 1 aromatic rings. The van der Waals surface area contributed by atoms with E-state index in [4.69, 9.17) is 10.8 Å². The molecule has 1 aromatic carbocycles. The minimum Gasteiger partial charge on any atom is -0.508 e. The summed E-state index contributed by atoms with van der Waals surface area (Å²) in [4.78, 5) is 24.3. The van der Waals surface area contributed by atoms with Gasteiger partial charge in [-0.3, -0.25) is 9.59 Å². The van der Waals surface area contributed by atoms with Crippen LogP contribution in [-0.2, 0) is 4.79 Å². The molecule has 92 valence electrons. The van der Waals surface area contributed by atoms with Gasteiger partial charge >= 0.3 is 0 Å². The van der Waals surface area contributed by atoms with E-state index in [0.29, 0.717) is 5.56 Å². The number of primary amides is 1. The molecule has 1 rings (SSSR count). The molecule has 0 fully saturated rings. The Morgan fingerprint density at radius 3 is 2.24 bits per heavy atom. The first-order valence-electron chi connectivity index (χ1n) is 5.30. The molecular weight excluding hydrogens is 220 g/mol. The van der Waals surface area contributed by atoms with Crippen molar-refractivity contribution in [3.63, 3.8) is 0 Å². The Hall–Kier alpha value is -2.04. The number of hydrogen-bond acceptors (Lipinski definition) is 3. The van der Waals surface area contributed by atoms with Crippen molar-refractivity contribution in [3.05, 3.63) is 29.8 Å². The number of benzene rings is 1. The molecule has 0 aliphatic carbocycles. The summed E-state index contributed by atoms with van der Waals surface area (Å²) >= 11 is 0. The lowest BCUT2D eigenvalue weighted by Gasteiger charge is -2.25. The molecule has 3 N–H and O–H groups in total. The molecule has 0 saturated carbocycles. The van der Waals surface area contributed by atoms with Crippen molar-refractivity contribution < 1.29 is 14.7 Å². The van der Waals surface area contributed by atoms with E-state index in [1.807, 2.05) is 0 Å². The SMILES string of the molecule is CC(C)N(CC(N)=O)C(=O)c1ccc(O)cc1. The summed E-state index contributed by atoms with van der Waals surface area (Å²) in [6, 6.07) is 5.75. The highest BCUT2D eigenvalue weighted by molar-refractivity contribution is 5.96. The highest BCUT2D eigenvalue weighted by atomic mass is 16.3. The van der Waals surface area contributed by atoms with Crippen molar-refractivity contribution in [1.82, 2.24) is 4.90 Å². The zero-order chi connectivity index (χ0) is 13.0. The largest absolute Gasteiger partial charge is 0.508 e. The van der Waals surface area contributed by atoms with Crippen molar-refractivity contribution in [2.75, 3.05) is 6.54 Å². The average Bonchev–Trinajstić information content (AvgIpc) is 2.25. The molecule has 0 aliphatic rings. The van der Waals surface area contributed by atoms with Crippen LogP contribution in [0.3, 0.4) is 0 Å². The third-order valence-corrected chi connectivity index (χ3v) is 2.32. The van der Waals surface area contributed by atoms with Gasteiger partial charge in [0.25, 0.3) is 5.91 Å². The lowest BCUT2D eigenvalue weighted by Crippen LogP contribution is -2.42. The summed E-state index contributed by atoms with van der Waals surface area (Å²) in [5.74, 6) is -0.739. The fourth-order valence-corrected chi connectivity index (χ4v) is 1.43. The van der Waals surface area contributed by atoms with Gasteiger partial charge in [-0.15, -0.1) is 0 Å². The van der Waals surface area contributed by atoms with Gasteiger partial charge < -0.3 is 15.7 Å². The first kappa shape index (κ1) is 13.0. The number of rotatable bonds is 4. The van der Waals surface area contributed by atoms with Crippen LogP contribution in [-0.4, -0.2) is 34.4 Å². The highest BCUT2D eigenvalue weighted by Gasteiger charge is 2.20. The Labute approximate surface area is 99.8 Å². The van der Waals surface area contributed by atoms with Crippen LogP contribution in [0.25, 0.3) is 0 Å². The number of aromatic hydroxyl groups is 1. The maximum Gasteiger partial charge on any atom is 0.254 e. The third-order valence-electron chi connectivity index (χ3n) is 2.32. The second-order valence-electron chi connectivity index (χ2n) is 4.04. The molecule has 5 nitrogen and oxygen atoms in total. The predicted octanol–water partition coefficient (Wildman–Crippen LogP) is 0.728. The van der Waals surface area contributed by atoms with E-state index in [2.05, 4.69) is 0 Å². The molecule has 0 bridgehead atoms. The highest BCUT2D eigenvalue weighted by Crippen LogP contribution is 2.13. The number of carbonyl (C=O) groups excluding carboxylic acids is 2. The summed E-state index contributed by atoms with van der Waals surface area (Å²) in [7, 11) is 0. The van der Waals surface area contributed by atoms with Gasteiger partial charge in [0.2, 0.25) is 5.91 Å². The zero-order valence-corrected chi connectivity index (χ0v) is 9.88. The van der Waals surface area contributed by atoms with E-state index in [1.54, 1.807) is 13.8 Å². The first-order valence-corrected chi connectivity index (χ1v) is 5.30. The van der Waals surface area contributed by atoms with Gasteiger partial charge in [-0.05, 0) is 38.1 Å². The normalized spacial score (nSPS) is 10.3. The van der Waals surface area contributed by atoms with Gasteiger partial charge in [-0.1, -0.05) is 0 Å². The van der Waals surface area contributed by atoms with Gasteiger partial charge in [-0.2, -0.15) is 0 Å². The molecule has 0 radical (unpaired) electrons. The fourth-order valence-electron chi connectivity index (χ4n) is 1.43. The van der Waals surface area contributed by atoms with Crippen LogP contribution in [0.2, 0.25) is 0 Å². The van der Waals surface area contributed by atoms with Crippen LogP contribution in [0, 0.1) is 0 Å². The summed E-state index contributed by atoms with van der Waals surface area (Å²) in [6.45, 7) is 3.50. The fraction of sp³-hybridized carbons (Fsp3) is 0.333. The molecule has 2 amide bonds. The average molecular weight is 236 g/mol. The maximum atomic E-state index is 12.1. The lowest BCUT2D eigenvalue weighted by molar-refractivity contribution is -0.119. The number of amides is 2. The monoisotopic (exact) mass is 236 g/mol. The van der Waals surface area contributed by atoms with E-state index < -0.39 is 5.91 Å². The summed E-state index contributed by atoms with van der Waals surface area (Å²) in [6.07, 6.45) is 0. The number of nitrogens with two attached hydrogens (primary N) is 1. The van der Waals surface area contributed by atoms with Crippen molar-refractivity contribution in [2.45, 2.75) is 19.9 Å². The molecular formula is C12H16N2O3. The molecule has 0 heterocycles. The van der Waals surface area contributed by atoms with Gasteiger partial charge in [0, 0.05) is 11.6 Å². The Bertz CT molecular complexity index is 412. The van der Waals surface area contributed by atoms with Crippen LogP contribution < -0.4 is 5.73 Å². The van der Waals surface area contributed by atoms with E-state index in [9.17, 15) is 9.59 Å². The second-order valence-corrected chi connectivity index (χ2v) is 4.04. The molecule has 0 aliphatic heterocycles. The summed E-state index contributed by atoms with van der Waals surface area (Å²) in [5, 5.41) is 9.13. The Balaban J connectivity index is 2.91. The Morgan fingerprint density at radius 2 is 1.82 bits per heavy atom. The first-order chi connectivity index (χ1) is 7.91. The minimum atomic E-state index is -0.550. The van der Waals surface area contributed by atoms with Crippen LogP contribution in [0.5, 0.6) is 5.75 Å². The minimum absolute atomic E-state index is 0.0903. The van der Waals surface area contributed by atoms with Gasteiger partial charge in [-0.25, -0.2) is 0 Å². The summed E-state index contributed by atoms with van der Waals surface area (Å²) in [5.41, 5.74) is 5.51. The van der Waals surface area contributed by atoms with Crippen LogP contribution in [0.4, 0.5) is 0 Å². The van der Waals surface area contributed by atoms with Crippen LogP contribution >= 0.6 is 0 Å². The van der Waals surface area contributed by atoms with E-state index in [0.717, 1.165) is 0 Å². The maximum absolute atomic E-state index is 12.1. The molecule has 0 spiro atoms. The Morgan fingerprint density at radius 1 is 1.29 bits per heavy atom. The molecule has 5 heteroatoms. The smallest absolute Gasteiger partial charge is 0.254 e. The van der Waals surface area contributed by atoms with E-state index >= 15 is 0 Å². The standard InChI is InChI=1S/C12H16N2O3/c1-8(2)14(7-11(13)16)12(17)9-3-5-10(15)6-4-9/h3-6,8,15H,7H2,1-2H3,(H2,13,16). The number of phenolic OH excluding ortho intramolecular Hbond substituents is 1. The van der Waals surface area contributed by atoms with Crippen molar-refractivity contribution in [2.24, 2.45) is 5.73 Å². The van der Waals surface area contributed by atoms with Crippen LogP contribution in [0.1, 0.15) is 24.2 Å². The van der Waals surface area contributed by atoms with E-state index in [-0.39, 0.29) is 24.2 Å². The summed E-state index contributed by atoms with van der Waals surface area (Å²) < 4.78 is 0. The topological polar surface area (TPSA) is 83.6 Å². The number of phenols is 1. The molecule has 17 heavy (non-hydrogen) atoms. The lowest BCUT2D eigenvalue weighted by atomic mass is 10.1. The number of nitrogens with zero attached hydrogens (tertiary/aromatic N) is 1. The number of carbonyl (C=O) groups is 2. The zero-order valence-electron chi connectivity index (χ0n) is 9.88. The number of hydrogen-bond donors (Lipinski definition) is 2. The molecule has 0 atom stereocenters. The molecule has 0 aromatic heterocycles. The second kappa shape index (κ2) is 5.34. The van der Waals surface area contributed by atoms with Gasteiger partial charge in [0.05, 0.1) is 6.54 Å². The molecule has 0 saturated heterocycles. The Kier molecular flexibility index (Phi) is 4.09. The van der Waals surface area contributed by atoms with E-state index in [1.165, 1.54) is 29.2 Å². The van der Waals surface area contributed by atoms with Crippen molar-refractivity contribution >= 4 is 11.8 Å². The van der Waals surface area contributed by atoms with Crippen molar-refractivity contribution in [1.29, 1.82) is 0 Å². The third kappa shape index (κ3) is 3.48. The quantitative estimate of drug-likeness (QED) is 0.808. The predicted molar refractivity (Wildman–Crippen MR) is 63.5 cm³/mol. The van der Waals surface area contributed by atoms with Crippen molar-refractivity contribution in [3.8, 4) is 5.75 Å². The molecule has 0 unspecified atom stereocenters.